The molecule has 20 heavy (non-hydrogen) atoms. The zero-order chi connectivity index (χ0) is 15.1. The molecule has 0 aromatic heterocycles. The molecule has 1 radical (unpaired) electrons. The third-order valence-corrected chi connectivity index (χ3v) is 14.1. The zero-order valence-electron chi connectivity index (χ0n) is 13.6. The van der Waals surface area contributed by atoms with Gasteiger partial charge in [0, 0.05) is 0 Å². The van der Waals surface area contributed by atoms with Gasteiger partial charge in [-0.3, -0.25) is 0 Å². The summed E-state index contributed by atoms with van der Waals surface area (Å²) in [7, 11) is 0. The van der Waals surface area contributed by atoms with E-state index in [9.17, 15) is 4.39 Å². The van der Waals surface area contributed by atoms with Gasteiger partial charge in [-0.15, -0.1) is 0 Å². The Kier molecular flexibility index (Phi) is 15.3. The Balaban J connectivity index is 0.000000428. The topological polar surface area (TPSA) is 0 Å². The molecule has 0 nitrogen and oxygen atoms in total. The molecule has 0 aliphatic rings. The molecule has 0 saturated carbocycles. The van der Waals surface area contributed by atoms with Crippen molar-refractivity contribution >= 4 is 19.8 Å². The van der Waals surface area contributed by atoms with Crippen molar-refractivity contribution in [3.63, 3.8) is 0 Å². The first-order chi connectivity index (χ1) is 9.74. The number of hydrogen-bond donors (Lipinski definition) is 0. The van der Waals surface area contributed by atoms with Gasteiger partial charge < -0.3 is 0 Å². The minimum Gasteiger partial charge on any atom is -0.207 e. The number of rotatable bonds is 9. The minimum absolute atomic E-state index is 0.209. The van der Waals surface area contributed by atoms with E-state index in [0.717, 1.165) is 0 Å². The van der Waals surface area contributed by atoms with Crippen molar-refractivity contribution in [1.29, 1.82) is 0 Å². The largest absolute Gasteiger partial charge is 0.207 e. The van der Waals surface area contributed by atoms with Gasteiger partial charge in [0.05, 0.1) is 0 Å². The first-order valence-electron chi connectivity index (χ1n) is 8.36. The molecular weight excluding hydrogens is 354 g/mol. The maximum absolute atomic E-state index is 11.9. The molecule has 1 aromatic carbocycles. The Morgan fingerprint density at radius 2 is 1.25 bits per heavy atom. The Hall–Kier alpha value is -0.0513. The molecule has 0 unspecified atom stereocenters. The van der Waals surface area contributed by atoms with E-state index in [0.29, 0.717) is 0 Å². The predicted molar refractivity (Wildman–Crippen MR) is 91.5 cm³/mol. The summed E-state index contributed by atoms with van der Waals surface area (Å²) in [6.07, 6.45) is 8.87. The van der Waals surface area contributed by atoms with E-state index in [4.69, 9.17) is 0 Å². The molecule has 1 aromatic rings. The van der Waals surface area contributed by atoms with Crippen LogP contribution in [-0.2, 0) is 0 Å². The van der Waals surface area contributed by atoms with E-state index in [1.54, 1.807) is 13.3 Å². The Bertz CT molecular complexity index is 268. The fourth-order valence-corrected chi connectivity index (χ4v) is 13.2. The summed E-state index contributed by atoms with van der Waals surface area (Å²) in [5.41, 5.74) is 0. The van der Waals surface area contributed by atoms with Crippen molar-refractivity contribution < 1.29 is 4.39 Å². The summed E-state index contributed by atoms with van der Waals surface area (Å²) < 4.78 is 17.0. The normalized spacial score (nSPS) is 10.2. The van der Waals surface area contributed by atoms with Gasteiger partial charge in [-0.05, 0) is 18.2 Å². The van der Waals surface area contributed by atoms with Crippen LogP contribution in [0.2, 0.25) is 13.3 Å². The van der Waals surface area contributed by atoms with Crippen molar-refractivity contribution in [2.75, 3.05) is 0 Å². The molecule has 115 valence electrons. The van der Waals surface area contributed by atoms with E-state index in [-0.39, 0.29) is 5.82 Å². The number of benzene rings is 1. The molecule has 0 heterocycles. The molecule has 0 N–H and O–H groups in total. The smallest absolute Gasteiger partial charge is 0.123 e. The number of hydrogen-bond acceptors (Lipinski definition) is 0. The van der Waals surface area contributed by atoms with Gasteiger partial charge in [-0.2, -0.15) is 0 Å². The van der Waals surface area contributed by atoms with Crippen LogP contribution >= 0.6 is 0 Å². The Morgan fingerprint density at radius 1 is 0.850 bits per heavy atom. The third kappa shape index (κ3) is 13.0. The molecule has 0 saturated heterocycles. The van der Waals surface area contributed by atoms with Crippen LogP contribution in [-0.4, -0.2) is 19.8 Å². The van der Waals surface area contributed by atoms with Crippen molar-refractivity contribution in [1.82, 2.24) is 0 Å². The van der Waals surface area contributed by atoms with Crippen LogP contribution < -0.4 is 0 Å². The van der Waals surface area contributed by atoms with Gasteiger partial charge >= 0.3 is 92.4 Å². The van der Waals surface area contributed by atoms with E-state index in [1.807, 2.05) is 0 Å². The average Bonchev–Trinajstić information content (AvgIpc) is 2.48. The van der Waals surface area contributed by atoms with Crippen molar-refractivity contribution in [2.24, 2.45) is 0 Å². The summed E-state index contributed by atoms with van der Waals surface area (Å²) in [6.45, 7) is 7.01. The van der Waals surface area contributed by atoms with Crippen molar-refractivity contribution in [2.45, 2.75) is 72.6 Å². The molecule has 0 bridgehead atoms. The SMILES string of the molecule is CCC[CH2][SnH]([CH2]CCC)[CH2]CCC.Fc1cc[c]cc1. The molecule has 0 spiro atoms. The maximum atomic E-state index is 11.9. The second kappa shape index (κ2) is 15.3. The van der Waals surface area contributed by atoms with Crippen LogP contribution in [0.3, 0.4) is 0 Å². The van der Waals surface area contributed by atoms with Crippen LogP contribution in [0.4, 0.5) is 4.39 Å². The van der Waals surface area contributed by atoms with Gasteiger partial charge in [0.15, 0.2) is 0 Å². The molecular formula is C18H32FSn. The third-order valence-electron chi connectivity index (χ3n) is 3.58. The monoisotopic (exact) mass is 387 g/mol. The fraction of sp³-hybridized carbons (Fsp3) is 0.667. The predicted octanol–water partition coefficient (Wildman–Crippen LogP) is 6.24. The van der Waals surface area contributed by atoms with E-state index >= 15 is 0 Å². The molecule has 1 rings (SSSR count). The summed E-state index contributed by atoms with van der Waals surface area (Å²) in [4.78, 5) is 0. The standard InChI is InChI=1S/C6H4F.3C4H9.Sn.H/c7-6-4-2-1-3-5-6;3*1-3-4-2;;/h2-5H;3*1,3-4H2,2H3;;. The van der Waals surface area contributed by atoms with Gasteiger partial charge in [0.1, 0.15) is 5.82 Å². The summed E-state index contributed by atoms with van der Waals surface area (Å²) in [5.74, 6) is -0.209. The van der Waals surface area contributed by atoms with Crippen LogP contribution in [0, 0.1) is 11.9 Å². The van der Waals surface area contributed by atoms with Crippen LogP contribution in [0.5, 0.6) is 0 Å². The van der Waals surface area contributed by atoms with Crippen molar-refractivity contribution in [3.05, 3.63) is 36.1 Å². The minimum atomic E-state index is -0.967. The molecule has 0 aliphatic carbocycles. The maximum Gasteiger partial charge on any atom is 0.123 e. The second-order valence-corrected chi connectivity index (χ2v) is 15.4. The Labute approximate surface area is 132 Å². The van der Waals surface area contributed by atoms with Gasteiger partial charge in [-0.25, -0.2) is 4.39 Å². The zero-order valence-corrected chi connectivity index (χ0v) is 16.9. The first-order valence-corrected chi connectivity index (χ1v) is 15.3. The fourth-order valence-electron chi connectivity index (χ4n) is 2.28. The van der Waals surface area contributed by atoms with Gasteiger partial charge in [-0.1, -0.05) is 12.1 Å². The number of unbranched alkanes of at least 4 members (excludes halogenated alkanes) is 3. The molecule has 2 heteroatoms. The van der Waals surface area contributed by atoms with Crippen LogP contribution in [0.1, 0.15) is 59.3 Å². The van der Waals surface area contributed by atoms with E-state index in [1.165, 1.54) is 62.8 Å². The quantitative estimate of drug-likeness (QED) is 0.441. The summed E-state index contributed by atoms with van der Waals surface area (Å²) >= 11 is -0.967. The first kappa shape index (κ1) is 19.9. The summed E-state index contributed by atoms with van der Waals surface area (Å²) in [5, 5.41) is 0. The number of halogens is 1. The van der Waals surface area contributed by atoms with Gasteiger partial charge in [0.25, 0.3) is 0 Å². The van der Waals surface area contributed by atoms with E-state index < -0.39 is 19.8 Å². The van der Waals surface area contributed by atoms with Crippen LogP contribution in [0.25, 0.3) is 0 Å². The Morgan fingerprint density at radius 3 is 1.50 bits per heavy atom. The molecule has 0 atom stereocenters. The molecule has 0 aliphatic heterocycles. The average molecular weight is 386 g/mol. The van der Waals surface area contributed by atoms with Crippen molar-refractivity contribution in [3.8, 4) is 0 Å². The summed E-state index contributed by atoms with van der Waals surface area (Å²) in [6, 6.07) is 8.49. The van der Waals surface area contributed by atoms with Gasteiger partial charge in [0.2, 0.25) is 0 Å². The molecule has 0 amide bonds. The van der Waals surface area contributed by atoms with E-state index in [2.05, 4.69) is 26.8 Å². The molecule has 0 fully saturated rings. The second-order valence-electron chi connectivity index (χ2n) is 5.51. The van der Waals surface area contributed by atoms with Crippen LogP contribution in [0.15, 0.2) is 24.3 Å².